The van der Waals surface area contributed by atoms with Crippen LogP contribution in [0.5, 0.6) is 0 Å². The standard InChI is InChI=1S/C12H19NO3/c1-5-9(3)7-10(8-14)12(13-4)16-11(15)6-2/h6,8-9,13H,2,5,7H2,1,3-4H3/b12-10+. The smallest absolute Gasteiger partial charge is 0.336 e. The van der Waals surface area contributed by atoms with E-state index in [1.165, 1.54) is 0 Å². The highest BCUT2D eigenvalue weighted by Gasteiger charge is 2.12. The quantitative estimate of drug-likeness (QED) is 0.310. The van der Waals surface area contributed by atoms with E-state index in [2.05, 4.69) is 11.9 Å². The average Bonchev–Trinajstić information content (AvgIpc) is 2.32. The summed E-state index contributed by atoms with van der Waals surface area (Å²) in [5.41, 5.74) is 0.465. The highest BCUT2D eigenvalue weighted by atomic mass is 16.5. The van der Waals surface area contributed by atoms with Crippen molar-refractivity contribution >= 4 is 12.3 Å². The van der Waals surface area contributed by atoms with Crippen molar-refractivity contribution in [2.45, 2.75) is 26.7 Å². The second-order valence-electron chi connectivity index (χ2n) is 3.56. The SMILES string of the molecule is C=CC(=O)O/C(NC)=C(/C=O)CC(C)CC. The van der Waals surface area contributed by atoms with Crippen LogP contribution in [0.15, 0.2) is 24.1 Å². The van der Waals surface area contributed by atoms with Crippen LogP contribution in [-0.2, 0) is 14.3 Å². The predicted molar refractivity (Wildman–Crippen MR) is 62.5 cm³/mol. The van der Waals surface area contributed by atoms with Gasteiger partial charge in [-0.2, -0.15) is 0 Å². The molecule has 0 amide bonds. The molecule has 0 heterocycles. The predicted octanol–water partition coefficient (Wildman–Crippen LogP) is 1.78. The van der Waals surface area contributed by atoms with E-state index in [0.29, 0.717) is 24.2 Å². The van der Waals surface area contributed by atoms with E-state index in [9.17, 15) is 9.59 Å². The van der Waals surface area contributed by atoms with Gasteiger partial charge in [-0.15, -0.1) is 0 Å². The molecule has 0 aromatic heterocycles. The first-order valence-electron chi connectivity index (χ1n) is 5.29. The average molecular weight is 225 g/mol. The number of carbonyl (C=O) groups is 2. The molecule has 0 aromatic carbocycles. The van der Waals surface area contributed by atoms with Gasteiger partial charge in [-0.1, -0.05) is 26.8 Å². The Labute approximate surface area is 96.4 Å². The van der Waals surface area contributed by atoms with E-state index in [0.717, 1.165) is 12.5 Å². The maximum atomic E-state index is 11.0. The van der Waals surface area contributed by atoms with E-state index in [4.69, 9.17) is 4.74 Å². The fourth-order valence-corrected chi connectivity index (χ4v) is 1.13. The first kappa shape index (κ1) is 14.4. The molecule has 0 saturated heterocycles. The van der Waals surface area contributed by atoms with Gasteiger partial charge in [0.1, 0.15) is 0 Å². The van der Waals surface area contributed by atoms with Gasteiger partial charge in [0.15, 0.2) is 6.29 Å². The van der Waals surface area contributed by atoms with Crippen molar-refractivity contribution in [3.8, 4) is 0 Å². The van der Waals surface area contributed by atoms with Gasteiger partial charge in [-0.05, 0) is 12.3 Å². The van der Waals surface area contributed by atoms with Crippen molar-refractivity contribution in [2.24, 2.45) is 5.92 Å². The first-order valence-corrected chi connectivity index (χ1v) is 5.29. The summed E-state index contributed by atoms with van der Waals surface area (Å²) in [6.45, 7) is 7.37. The Kier molecular flexibility index (Phi) is 6.92. The number of esters is 1. The maximum Gasteiger partial charge on any atom is 0.336 e. The summed E-state index contributed by atoms with van der Waals surface area (Å²) in [6.07, 6.45) is 3.32. The lowest BCUT2D eigenvalue weighted by Crippen LogP contribution is -2.17. The number of aldehydes is 1. The van der Waals surface area contributed by atoms with E-state index in [-0.39, 0.29) is 5.88 Å². The van der Waals surface area contributed by atoms with Crippen LogP contribution >= 0.6 is 0 Å². The number of rotatable bonds is 7. The molecular weight excluding hydrogens is 206 g/mol. The van der Waals surface area contributed by atoms with E-state index >= 15 is 0 Å². The van der Waals surface area contributed by atoms with Gasteiger partial charge in [-0.25, -0.2) is 4.79 Å². The van der Waals surface area contributed by atoms with Crippen LogP contribution in [0, 0.1) is 5.92 Å². The van der Waals surface area contributed by atoms with Gasteiger partial charge in [-0.3, -0.25) is 4.79 Å². The normalized spacial score (nSPS) is 13.4. The largest absolute Gasteiger partial charge is 0.406 e. The van der Waals surface area contributed by atoms with Crippen molar-refractivity contribution < 1.29 is 14.3 Å². The summed E-state index contributed by atoms with van der Waals surface area (Å²) in [7, 11) is 1.60. The zero-order valence-corrected chi connectivity index (χ0v) is 10.1. The number of hydrogen-bond acceptors (Lipinski definition) is 4. The third-order valence-corrected chi connectivity index (χ3v) is 2.30. The van der Waals surface area contributed by atoms with Crippen molar-refractivity contribution in [3.63, 3.8) is 0 Å². The Balaban J connectivity index is 4.82. The van der Waals surface area contributed by atoms with Crippen LogP contribution in [0.25, 0.3) is 0 Å². The van der Waals surface area contributed by atoms with Gasteiger partial charge in [0.25, 0.3) is 0 Å². The van der Waals surface area contributed by atoms with Crippen LogP contribution in [0.2, 0.25) is 0 Å². The zero-order chi connectivity index (χ0) is 12.6. The Morgan fingerprint density at radius 2 is 2.19 bits per heavy atom. The van der Waals surface area contributed by atoms with Gasteiger partial charge >= 0.3 is 5.97 Å². The second kappa shape index (κ2) is 7.68. The molecule has 0 aliphatic carbocycles. The van der Waals surface area contributed by atoms with Gasteiger partial charge in [0.2, 0.25) is 5.88 Å². The number of nitrogens with one attached hydrogen (secondary N) is 1. The van der Waals surface area contributed by atoms with E-state index in [1.54, 1.807) is 7.05 Å². The fraction of sp³-hybridized carbons (Fsp3) is 0.500. The van der Waals surface area contributed by atoms with Crippen molar-refractivity contribution in [3.05, 3.63) is 24.1 Å². The second-order valence-corrected chi connectivity index (χ2v) is 3.56. The Hall–Kier alpha value is -1.58. The summed E-state index contributed by atoms with van der Waals surface area (Å²) >= 11 is 0. The molecule has 4 heteroatoms. The molecule has 0 saturated carbocycles. The lowest BCUT2D eigenvalue weighted by molar-refractivity contribution is -0.134. The molecule has 16 heavy (non-hydrogen) atoms. The molecule has 0 bridgehead atoms. The molecule has 1 N–H and O–H groups in total. The molecule has 0 aliphatic heterocycles. The minimum atomic E-state index is -0.576. The number of carbonyl (C=O) groups excluding carboxylic acids is 2. The molecule has 0 aliphatic rings. The van der Waals surface area contributed by atoms with Crippen molar-refractivity contribution in [1.82, 2.24) is 5.32 Å². The summed E-state index contributed by atoms with van der Waals surface area (Å²) in [4.78, 5) is 21.9. The van der Waals surface area contributed by atoms with Crippen LogP contribution in [0.3, 0.4) is 0 Å². The zero-order valence-electron chi connectivity index (χ0n) is 10.1. The molecule has 0 radical (unpaired) electrons. The van der Waals surface area contributed by atoms with Crippen LogP contribution < -0.4 is 5.32 Å². The molecule has 0 rings (SSSR count). The first-order chi connectivity index (χ1) is 7.58. The fourth-order valence-electron chi connectivity index (χ4n) is 1.13. The van der Waals surface area contributed by atoms with E-state index in [1.807, 2.05) is 13.8 Å². The summed E-state index contributed by atoms with van der Waals surface area (Å²) in [5, 5.41) is 2.71. The molecule has 0 aromatic rings. The maximum absolute atomic E-state index is 11.0. The highest BCUT2D eigenvalue weighted by molar-refractivity contribution is 5.83. The Morgan fingerprint density at radius 3 is 2.56 bits per heavy atom. The molecule has 0 spiro atoms. The van der Waals surface area contributed by atoms with Crippen LogP contribution in [-0.4, -0.2) is 19.3 Å². The summed E-state index contributed by atoms with van der Waals surface area (Å²) in [5.74, 6) is -0.000894. The molecule has 90 valence electrons. The van der Waals surface area contributed by atoms with E-state index < -0.39 is 5.97 Å². The third kappa shape index (κ3) is 4.77. The number of ether oxygens (including phenoxy) is 1. The Morgan fingerprint density at radius 1 is 1.56 bits per heavy atom. The Bertz CT molecular complexity index is 295. The highest BCUT2D eigenvalue weighted by Crippen LogP contribution is 2.15. The molecule has 1 atom stereocenters. The lowest BCUT2D eigenvalue weighted by Gasteiger charge is -2.12. The number of allylic oxidation sites excluding steroid dienone is 1. The number of hydrogen-bond donors (Lipinski definition) is 1. The van der Waals surface area contributed by atoms with Gasteiger partial charge in [0.05, 0.1) is 5.57 Å². The molecule has 4 nitrogen and oxygen atoms in total. The minimum absolute atomic E-state index is 0.209. The van der Waals surface area contributed by atoms with Crippen LogP contribution in [0.1, 0.15) is 26.7 Å². The van der Waals surface area contributed by atoms with Crippen molar-refractivity contribution in [2.75, 3.05) is 7.05 Å². The van der Waals surface area contributed by atoms with Gasteiger partial charge < -0.3 is 10.1 Å². The monoisotopic (exact) mass is 225 g/mol. The lowest BCUT2D eigenvalue weighted by atomic mass is 10.00. The van der Waals surface area contributed by atoms with Crippen LogP contribution in [0.4, 0.5) is 0 Å². The third-order valence-electron chi connectivity index (χ3n) is 2.30. The summed E-state index contributed by atoms with van der Waals surface area (Å²) in [6, 6.07) is 0. The minimum Gasteiger partial charge on any atom is -0.406 e. The summed E-state index contributed by atoms with van der Waals surface area (Å²) < 4.78 is 4.93. The topological polar surface area (TPSA) is 55.4 Å². The van der Waals surface area contributed by atoms with Crippen molar-refractivity contribution in [1.29, 1.82) is 0 Å². The molecular formula is C12H19NO3. The molecule has 0 fully saturated rings. The molecule has 1 unspecified atom stereocenters. The van der Waals surface area contributed by atoms with Gasteiger partial charge in [0, 0.05) is 13.1 Å².